The molecule has 1 aliphatic rings. The maximum atomic E-state index is 13.3. The van der Waals surface area contributed by atoms with Crippen LogP contribution in [0, 0.1) is 0 Å². The monoisotopic (exact) mass is 426 g/mol. The van der Waals surface area contributed by atoms with Gasteiger partial charge in [0.2, 0.25) is 0 Å². The predicted molar refractivity (Wildman–Crippen MR) is 118 cm³/mol. The Bertz CT molecular complexity index is 886. The first-order chi connectivity index (χ1) is 14.7. The third-order valence-corrected chi connectivity index (χ3v) is 4.86. The second kappa shape index (κ2) is 9.39. The lowest BCUT2D eigenvalue weighted by Gasteiger charge is -2.31. The summed E-state index contributed by atoms with van der Waals surface area (Å²) in [6.45, 7) is 8.26. The molecule has 0 spiro atoms. The molecule has 3 rings (SSSR count). The van der Waals surface area contributed by atoms with Crippen molar-refractivity contribution >= 4 is 17.7 Å². The number of alkyl carbamates (subject to hydrolysis) is 1. The average molecular weight is 427 g/mol. The number of anilines is 1. The molecule has 2 aromatic rings. The van der Waals surface area contributed by atoms with Crippen LogP contribution < -0.4 is 15.4 Å². The summed E-state index contributed by atoms with van der Waals surface area (Å²) in [6, 6.07) is 16.2. The van der Waals surface area contributed by atoms with Gasteiger partial charge in [0, 0.05) is 12.1 Å². The fourth-order valence-corrected chi connectivity index (χ4v) is 3.21. The van der Waals surface area contributed by atoms with Gasteiger partial charge >= 0.3 is 6.09 Å². The van der Waals surface area contributed by atoms with Crippen LogP contribution in [0.4, 0.5) is 10.5 Å². The molecular weight excluding hydrogens is 396 g/mol. The lowest BCUT2D eigenvalue weighted by atomic mass is 9.91. The summed E-state index contributed by atoms with van der Waals surface area (Å²) >= 11 is 0. The van der Waals surface area contributed by atoms with Gasteiger partial charge < -0.3 is 24.8 Å². The molecule has 7 nitrogen and oxygen atoms in total. The first-order valence-electron chi connectivity index (χ1n) is 10.4. The van der Waals surface area contributed by atoms with Crippen molar-refractivity contribution in [1.82, 2.24) is 5.32 Å². The second-order valence-corrected chi connectivity index (χ2v) is 8.70. The molecular formula is C24H30N2O5. The molecule has 1 aliphatic heterocycles. The molecule has 0 saturated carbocycles. The molecule has 2 amide bonds. The maximum Gasteiger partial charge on any atom is 0.408 e. The predicted octanol–water partition coefficient (Wildman–Crippen LogP) is 4.23. The molecule has 7 heteroatoms. The highest BCUT2D eigenvalue weighted by atomic mass is 16.6. The third kappa shape index (κ3) is 6.21. The van der Waals surface area contributed by atoms with Crippen LogP contribution in [-0.2, 0) is 19.8 Å². The number of hydrogen-bond donors (Lipinski definition) is 2. The van der Waals surface area contributed by atoms with E-state index in [0.29, 0.717) is 30.2 Å². The Hall–Kier alpha value is -3.06. The van der Waals surface area contributed by atoms with Gasteiger partial charge in [0.15, 0.2) is 0 Å². The van der Waals surface area contributed by atoms with E-state index in [-0.39, 0.29) is 12.0 Å². The van der Waals surface area contributed by atoms with E-state index in [1.165, 1.54) is 0 Å². The highest BCUT2D eigenvalue weighted by Gasteiger charge is 2.38. The number of rotatable bonds is 6. The number of ether oxygens (including phenoxy) is 3. The maximum absolute atomic E-state index is 13.3. The zero-order chi connectivity index (χ0) is 22.5. The van der Waals surface area contributed by atoms with E-state index in [1.54, 1.807) is 64.1 Å². The summed E-state index contributed by atoms with van der Waals surface area (Å²) in [5.41, 5.74) is -0.786. The Morgan fingerprint density at radius 3 is 2.26 bits per heavy atom. The average Bonchev–Trinajstić information content (AvgIpc) is 3.21. The van der Waals surface area contributed by atoms with Crippen LogP contribution >= 0.6 is 0 Å². The number of amides is 2. The molecule has 0 bridgehead atoms. The topological polar surface area (TPSA) is 85.9 Å². The molecule has 2 aromatic carbocycles. The smallest absolute Gasteiger partial charge is 0.408 e. The van der Waals surface area contributed by atoms with E-state index in [4.69, 9.17) is 14.2 Å². The zero-order valence-corrected chi connectivity index (χ0v) is 18.4. The molecule has 0 aromatic heterocycles. The van der Waals surface area contributed by atoms with E-state index in [1.807, 2.05) is 18.2 Å². The van der Waals surface area contributed by atoms with Crippen molar-refractivity contribution < 1.29 is 23.8 Å². The van der Waals surface area contributed by atoms with Gasteiger partial charge in [0.05, 0.1) is 13.2 Å². The van der Waals surface area contributed by atoms with Gasteiger partial charge in [-0.1, -0.05) is 30.3 Å². The fraction of sp³-hybridized carbons (Fsp3) is 0.417. The molecule has 2 N–H and O–H groups in total. The molecule has 1 heterocycles. The molecule has 0 radical (unpaired) electrons. The van der Waals surface area contributed by atoms with Crippen LogP contribution in [0.2, 0.25) is 0 Å². The summed E-state index contributed by atoms with van der Waals surface area (Å²) in [7, 11) is 0. The quantitative estimate of drug-likeness (QED) is 0.722. The first kappa shape index (κ1) is 22.6. The molecule has 166 valence electrons. The van der Waals surface area contributed by atoms with Gasteiger partial charge in [0.25, 0.3) is 5.91 Å². The van der Waals surface area contributed by atoms with Crippen molar-refractivity contribution in [1.29, 1.82) is 0 Å². The minimum absolute atomic E-state index is 0.0554. The van der Waals surface area contributed by atoms with Crippen LogP contribution in [0.1, 0.15) is 39.7 Å². The standard InChI is InChI=1S/C24H30N2O5/c1-23(2,3)31-22(28)26-24(4,17-8-6-5-7-9-17)21(27)25-18-10-12-19(13-11-18)30-20-14-15-29-16-20/h5-13,20H,14-16H2,1-4H3,(H,25,27)(H,26,28)/t20-,24-/m0/s1. The van der Waals surface area contributed by atoms with Crippen LogP contribution in [0.25, 0.3) is 0 Å². The lowest BCUT2D eigenvalue weighted by Crippen LogP contribution is -2.53. The van der Waals surface area contributed by atoms with Crippen LogP contribution in [0.15, 0.2) is 54.6 Å². The van der Waals surface area contributed by atoms with Gasteiger partial charge in [-0.3, -0.25) is 4.79 Å². The number of nitrogens with one attached hydrogen (secondary N) is 2. The Balaban J connectivity index is 1.74. The summed E-state index contributed by atoms with van der Waals surface area (Å²) in [6.07, 6.45) is 0.251. The molecule has 1 fully saturated rings. The van der Waals surface area contributed by atoms with Crippen LogP contribution in [-0.4, -0.2) is 36.9 Å². The molecule has 0 aliphatic carbocycles. The Morgan fingerprint density at radius 1 is 1.00 bits per heavy atom. The Kier molecular flexibility index (Phi) is 6.85. The summed E-state index contributed by atoms with van der Waals surface area (Å²) < 4.78 is 16.6. The Labute approximate surface area is 183 Å². The highest BCUT2D eigenvalue weighted by Crippen LogP contribution is 2.25. The zero-order valence-electron chi connectivity index (χ0n) is 18.4. The fourth-order valence-electron chi connectivity index (χ4n) is 3.21. The van der Waals surface area contributed by atoms with Crippen molar-refractivity contribution in [3.63, 3.8) is 0 Å². The van der Waals surface area contributed by atoms with E-state index < -0.39 is 17.2 Å². The van der Waals surface area contributed by atoms with Gasteiger partial charge in [-0.2, -0.15) is 0 Å². The largest absolute Gasteiger partial charge is 0.488 e. The SMILES string of the molecule is CC(C)(C)OC(=O)N[C@](C)(C(=O)Nc1ccc(O[C@H]2CCOC2)cc1)c1ccccc1. The minimum atomic E-state index is -1.33. The van der Waals surface area contributed by atoms with E-state index in [9.17, 15) is 9.59 Å². The van der Waals surface area contributed by atoms with Gasteiger partial charge in [0.1, 0.15) is 23.0 Å². The highest BCUT2D eigenvalue weighted by molar-refractivity contribution is 6.00. The van der Waals surface area contributed by atoms with Gasteiger partial charge in [-0.15, -0.1) is 0 Å². The second-order valence-electron chi connectivity index (χ2n) is 8.70. The number of benzene rings is 2. The number of carbonyl (C=O) groups is 2. The first-order valence-corrected chi connectivity index (χ1v) is 10.4. The van der Waals surface area contributed by atoms with Crippen LogP contribution in [0.5, 0.6) is 5.75 Å². The summed E-state index contributed by atoms with van der Waals surface area (Å²) in [5, 5.41) is 5.61. The van der Waals surface area contributed by atoms with E-state index in [2.05, 4.69) is 10.6 Å². The van der Waals surface area contributed by atoms with Gasteiger partial charge in [-0.05, 0) is 57.5 Å². The molecule has 0 unspecified atom stereocenters. The van der Waals surface area contributed by atoms with Crippen LogP contribution in [0.3, 0.4) is 0 Å². The van der Waals surface area contributed by atoms with Crippen molar-refractivity contribution in [2.45, 2.75) is 51.4 Å². The Morgan fingerprint density at radius 2 is 1.68 bits per heavy atom. The van der Waals surface area contributed by atoms with Crippen molar-refractivity contribution in [2.75, 3.05) is 18.5 Å². The van der Waals surface area contributed by atoms with Crippen molar-refractivity contribution in [3.05, 3.63) is 60.2 Å². The lowest BCUT2D eigenvalue weighted by molar-refractivity contribution is -0.122. The molecule has 2 atom stereocenters. The van der Waals surface area contributed by atoms with Crippen molar-refractivity contribution in [3.8, 4) is 5.75 Å². The number of hydrogen-bond acceptors (Lipinski definition) is 5. The van der Waals surface area contributed by atoms with Gasteiger partial charge in [-0.25, -0.2) is 4.79 Å². The normalized spacial score (nSPS) is 18.0. The van der Waals surface area contributed by atoms with E-state index >= 15 is 0 Å². The third-order valence-electron chi connectivity index (χ3n) is 4.86. The molecule has 31 heavy (non-hydrogen) atoms. The van der Waals surface area contributed by atoms with E-state index in [0.717, 1.165) is 6.42 Å². The summed E-state index contributed by atoms with van der Waals surface area (Å²) in [4.78, 5) is 25.7. The summed E-state index contributed by atoms with van der Waals surface area (Å²) in [5.74, 6) is 0.327. The number of carbonyl (C=O) groups excluding carboxylic acids is 2. The van der Waals surface area contributed by atoms with Crippen molar-refractivity contribution in [2.24, 2.45) is 0 Å². The molecule has 1 saturated heterocycles. The minimum Gasteiger partial charge on any atom is -0.488 e.